The largest absolute Gasteiger partial charge is 0.382 e. The van der Waals surface area contributed by atoms with E-state index in [0.29, 0.717) is 6.04 Å². The van der Waals surface area contributed by atoms with Crippen molar-refractivity contribution in [1.82, 2.24) is 14.8 Å². The summed E-state index contributed by atoms with van der Waals surface area (Å²) in [5.74, 6) is 2.55. The molecule has 0 unspecified atom stereocenters. The highest BCUT2D eigenvalue weighted by Crippen LogP contribution is 2.21. The number of nitrogens with zero attached hydrogens (tertiary/aromatic N) is 3. The summed E-state index contributed by atoms with van der Waals surface area (Å²) in [7, 11) is 0. The molecule has 1 fully saturated rings. The van der Waals surface area contributed by atoms with E-state index in [1.54, 1.807) is 12.7 Å². The zero-order valence-electron chi connectivity index (χ0n) is 10.8. The molecule has 0 spiro atoms. The maximum atomic E-state index is 4.14. The van der Waals surface area contributed by atoms with Crippen molar-refractivity contribution in [1.29, 1.82) is 0 Å². The van der Waals surface area contributed by atoms with E-state index in [4.69, 9.17) is 0 Å². The van der Waals surface area contributed by atoms with Crippen LogP contribution < -0.4 is 5.32 Å². The molecule has 4 nitrogen and oxygen atoms in total. The smallest absolute Gasteiger partial charge is 0.137 e. The van der Waals surface area contributed by atoms with Crippen LogP contribution in [0.3, 0.4) is 0 Å². The van der Waals surface area contributed by atoms with E-state index < -0.39 is 0 Å². The first-order valence-corrected chi connectivity index (χ1v) is 7.81. The van der Waals surface area contributed by atoms with Gasteiger partial charge in [0.15, 0.2) is 0 Å². The van der Waals surface area contributed by atoms with Crippen LogP contribution in [0.2, 0.25) is 0 Å². The summed E-state index contributed by atoms with van der Waals surface area (Å²) < 4.78 is 1.84. The van der Waals surface area contributed by atoms with Crippen LogP contribution in [0.5, 0.6) is 0 Å². The normalized spacial score (nSPS) is 16.4. The molecule has 1 aliphatic heterocycles. The molecule has 19 heavy (non-hydrogen) atoms. The number of rotatable bonds is 4. The fourth-order valence-corrected chi connectivity index (χ4v) is 3.45. The van der Waals surface area contributed by atoms with Crippen molar-refractivity contribution in [2.75, 3.05) is 16.8 Å². The van der Waals surface area contributed by atoms with Crippen molar-refractivity contribution in [3.05, 3.63) is 42.5 Å². The molecule has 5 heteroatoms. The molecule has 0 saturated carbocycles. The lowest BCUT2D eigenvalue weighted by Crippen LogP contribution is -2.24. The lowest BCUT2D eigenvalue weighted by atomic mass is 10.1. The van der Waals surface area contributed by atoms with E-state index in [1.165, 1.54) is 35.6 Å². The van der Waals surface area contributed by atoms with Crippen LogP contribution in [0.4, 0.5) is 5.69 Å². The Bertz CT molecular complexity index is 506. The molecule has 2 heterocycles. The lowest BCUT2D eigenvalue weighted by Gasteiger charge is -2.23. The Hall–Kier alpha value is -1.49. The number of nitrogens with one attached hydrogen (secondary N) is 1. The first-order valence-electron chi connectivity index (χ1n) is 6.66. The average molecular weight is 274 g/mol. The minimum Gasteiger partial charge on any atom is -0.382 e. The number of anilines is 1. The standard InChI is InChI=1S/C14H18N4S/c1-2-12(9-18-11-15-10-16-18)8-14(3-1)17-13-4-6-19-7-5-13/h1-3,8,10-11,13,17H,4-7,9H2. The maximum Gasteiger partial charge on any atom is 0.137 e. The second-order valence-electron chi connectivity index (χ2n) is 4.82. The van der Waals surface area contributed by atoms with Crippen molar-refractivity contribution < 1.29 is 0 Å². The summed E-state index contributed by atoms with van der Waals surface area (Å²) in [5, 5.41) is 7.78. The predicted octanol–water partition coefficient (Wildman–Crippen LogP) is 2.63. The molecule has 0 bridgehead atoms. The third-order valence-corrected chi connectivity index (χ3v) is 4.38. The summed E-state index contributed by atoms with van der Waals surface area (Å²) in [5.41, 5.74) is 2.47. The van der Waals surface area contributed by atoms with Gasteiger partial charge in [-0.1, -0.05) is 12.1 Å². The fourth-order valence-electron chi connectivity index (χ4n) is 2.34. The zero-order chi connectivity index (χ0) is 12.9. The Morgan fingerprint density at radius 2 is 2.21 bits per heavy atom. The van der Waals surface area contributed by atoms with Crippen LogP contribution in [0.25, 0.3) is 0 Å². The minimum atomic E-state index is 0.628. The molecule has 1 N–H and O–H groups in total. The SMILES string of the molecule is c1cc(Cn2cncn2)cc(NC2CCSCC2)c1. The molecule has 0 atom stereocenters. The average Bonchev–Trinajstić information content (AvgIpc) is 2.93. The Balaban J connectivity index is 1.65. The summed E-state index contributed by atoms with van der Waals surface area (Å²) in [4.78, 5) is 3.97. The molecule has 0 aliphatic carbocycles. The van der Waals surface area contributed by atoms with Crippen molar-refractivity contribution >= 4 is 17.4 Å². The Kier molecular flexibility index (Phi) is 4.03. The highest BCUT2D eigenvalue weighted by molar-refractivity contribution is 7.99. The Morgan fingerprint density at radius 1 is 1.32 bits per heavy atom. The minimum absolute atomic E-state index is 0.628. The number of aromatic nitrogens is 3. The molecular formula is C14H18N4S. The van der Waals surface area contributed by atoms with E-state index >= 15 is 0 Å². The lowest BCUT2D eigenvalue weighted by molar-refractivity contribution is 0.665. The quantitative estimate of drug-likeness (QED) is 0.930. The van der Waals surface area contributed by atoms with E-state index in [2.05, 4.69) is 51.4 Å². The monoisotopic (exact) mass is 274 g/mol. The third kappa shape index (κ3) is 3.50. The predicted molar refractivity (Wildman–Crippen MR) is 79.5 cm³/mol. The van der Waals surface area contributed by atoms with Crippen molar-refractivity contribution in [3.8, 4) is 0 Å². The molecule has 0 amide bonds. The Morgan fingerprint density at radius 3 is 3.00 bits per heavy atom. The van der Waals surface area contributed by atoms with Crippen molar-refractivity contribution in [2.24, 2.45) is 0 Å². The van der Waals surface area contributed by atoms with Gasteiger partial charge in [0.05, 0.1) is 6.54 Å². The second kappa shape index (κ2) is 6.10. The van der Waals surface area contributed by atoms with Gasteiger partial charge in [0.2, 0.25) is 0 Å². The van der Waals surface area contributed by atoms with E-state index in [9.17, 15) is 0 Å². The van der Waals surface area contributed by atoms with E-state index in [0.717, 1.165) is 6.54 Å². The summed E-state index contributed by atoms with van der Waals surface area (Å²) >= 11 is 2.06. The van der Waals surface area contributed by atoms with Crippen LogP contribution in [0.15, 0.2) is 36.9 Å². The van der Waals surface area contributed by atoms with Gasteiger partial charge in [-0.3, -0.25) is 0 Å². The van der Waals surface area contributed by atoms with Gasteiger partial charge in [-0.25, -0.2) is 9.67 Å². The van der Waals surface area contributed by atoms with Crippen molar-refractivity contribution in [3.63, 3.8) is 0 Å². The number of hydrogen-bond donors (Lipinski definition) is 1. The first-order chi connectivity index (χ1) is 9.40. The zero-order valence-corrected chi connectivity index (χ0v) is 11.6. The molecule has 3 rings (SSSR count). The van der Waals surface area contributed by atoms with E-state index in [-0.39, 0.29) is 0 Å². The Labute approximate surface area is 117 Å². The molecular weight excluding hydrogens is 256 g/mol. The molecule has 100 valence electrons. The van der Waals surface area contributed by atoms with Gasteiger partial charge in [0.1, 0.15) is 12.7 Å². The second-order valence-corrected chi connectivity index (χ2v) is 6.05. The topological polar surface area (TPSA) is 42.7 Å². The third-order valence-electron chi connectivity index (χ3n) is 3.33. The van der Waals surface area contributed by atoms with Gasteiger partial charge >= 0.3 is 0 Å². The van der Waals surface area contributed by atoms with Crippen LogP contribution in [0, 0.1) is 0 Å². The molecule has 2 aromatic rings. The van der Waals surface area contributed by atoms with E-state index in [1.807, 2.05) is 4.68 Å². The highest BCUT2D eigenvalue weighted by Gasteiger charge is 2.13. The van der Waals surface area contributed by atoms with Gasteiger partial charge in [-0.15, -0.1) is 0 Å². The summed E-state index contributed by atoms with van der Waals surface area (Å²) in [6.45, 7) is 0.774. The molecule has 0 radical (unpaired) electrons. The molecule has 1 aromatic carbocycles. The number of benzene rings is 1. The molecule has 1 saturated heterocycles. The van der Waals surface area contributed by atoms with Gasteiger partial charge in [-0.05, 0) is 42.0 Å². The first kappa shape index (κ1) is 12.5. The number of thioether (sulfide) groups is 1. The van der Waals surface area contributed by atoms with Gasteiger partial charge in [0.25, 0.3) is 0 Å². The van der Waals surface area contributed by atoms with Crippen molar-refractivity contribution in [2.45, 2.75) is 25.4 Å². The molecule has 1 aliphatic rings. The van der Waals surface area contributed by atoms with Crippen LogP contribution in [-0.2, 0) is 6.54 Å². The fraction of sp³-hybridized carbons (Fsp3) is 0.429. The van der Waals surface area contributed by atoms with Crippen LogP contribution in [-0.4, -0.2) is 32.3 Å². The maximum absolute atomic E-state index is 4.14. The van der Waals surface area contributed by atoms with Gasteiger partial charge in [0, 0.05) is 11.7 Å². The van der Waals surface area contributed by atoms with Gasteiger partial charge < -0.3 is 5.32 Å². The molecule has 1 aromatic heterocycles. The van der Waals surface area contributed by atoms with Crippen LogP contribution >= 0.6 is 11.8 Å². The number of hydrogen-bond acceptors (Lipinski definition) is 4. The van der Waals surface area contributed by atoms with Crippen LogP contribution in [0.1, 0.15) is 18.4 Å². The highest BCUT2D eigenvalue weighted by atomic mass is 32.2. The summed E-state index contributed by atoms with van der Waals surface area (Å²) in [6, 6.07) is 9.22. The van der Waals surface area contributed by atoms with Gasteiger partial charge in [-0.2, -0.15) is 16.9 Å². The summed E-state index contributed by atoms with van der Waals surface area (Å²) in [6.07, 6.45) is 5.84.